The van der Waals surface area contributed by atoms with Crippen LogP contribution in [0.3, 0.4) is 0 Å². The van der Waals surface area contributed by atoms with Gasteiger partial charge in [0.15, 0.2) is 0 Å². The number of furan rings is 1. The predicted octanol–water partition coefficient (Wildman–Crippen LogP) is 2.63. The van der Waals surface area contributed by atoms with Gasteiger partial charge in [0.25, 0.3) is 0 Å². The van der Waals surface area contributed by atoms with Gasteiger partial charge in [0, 0.05) is 23.4 Å². The first-order valence-corrected chi connectivity index (χ1v) is 5.99. The number of hydrogen-bond donors (Lipinski definition) is 1. The van der Waals surface area contributed by atoms with E-state index in [2.05, 4.69) is 23.6 Å². The Kier molecular flexibility index (Phi) is 3.33. The standard InChI is InChI=1S/C13H19N3O/c1-4-6-16-10(3)13(9(2)15-16)11-5-7-17-12(11)8-14/h5,7H,4,6,8,14H2,1-3H3. The summed E-state index contributed by atoms with van der Waals surface area (Å²) in [5.74, 6) is 0.826. The van der Waals surface area contributed by atoms with Crippen molar-refractivity contribution in [2.24, 2.45) is 5.73 Å². The second kappa shape index (κ2) is 4.75. The number of aromatic nitrogens is 2. The molecule has 2 rings (SSSR count). The Balaban J connectivity index is 2.52. The van der Waals surface area contributed by atoms with Crippen LogP contribution in [-0.2, 0) is 13.1 Å². The molecule has 0 saturated carbocycles. The molecule has 0 unspecified atom stereocenters. The molecule has 2 heterocycles. The lowest BCUT2D eigenvalue weighted by atomic mass is 10.0. The molecule has 0 aliphatic rings. The van der Waals surface area contributed by atoms with Crippen LogP contribution in [0.4, 0.5) is 0 Å². The summed E-state index contributed by atoms with van der Waals surface area (Å²) >= 11 is 0. The quantitative estimate of drug-likeness (QED) is 0.883. The first kappa shape index (κ1) is 11.9. The topological polar surface area (TPSA) is 57.0 Å². The van der Waals surface area contributed by atoms with E-state index in [4.69, 9.17) is 10.2 Å². The summed E-state index contributed by atoms with van der Waals surface area (Å²) in [7, 11) is 0. The maximum Gasteiger partial charge on any atom is 0.125 e. The van der Waals surface area contributed by atoms with Crippen LogP contribution in [0.2, 0.25) is 0 Å². The highest BCUT2D eigenvalue weighted by molar-refractivity contribution is 5.70. The summed E-state index contributed by atoms with van der Waals surface area (Å²) in [6.07, 6.45) is 2.77. The van der Waals surface area contributed by atoms with Crippen LogP contribution in [0, 0.1) is 13.8 Å². The molecule has 0 amide bonds. The Morgan fingerprint density at radius 3 is 2.82 bits per heavy atom. The van der Waals surface area contributed by atoms with Crippen LogP contribution in [-0.4, -0.2) is 9.78 Å². The molecule has 0 spiro atoms. The first-order valence-electron chi connectivity index (χ1n) is 5.99. The van der Waals surface area contributed by atoms with Crippen LogP contribution in [0.1, 0.15) is 30.5 Å². The van der Waals surface area contributed by atoms with Crippen LogP contribution in [0.25, 0.3) is 11.1 Å². The van der Waals surface area contributed by atoms with Crippen LogP contribution >= 0.6 is 0 Å². The van der Waals surface area contributed by atoms with Gasteiger partial charge >= 0.3 is 0 Å². The minimum atomic E-state index is 0.417. The Hall–Kier alpha value is -1.55. The number of nitrogens with zero attached hydrogens (tertiary/aromatic N) is 2. The fourth-order valence-corrected chi connectivity index (χ4v) is 2.24. The fourth-order valence-electron chi connectivity index (χ4n) is 2.24. The van der Waals surface area contributed by atoms with Gasteiger partial charge in [-0.1, -0.05) is 6.92 Å². The highest BCUT2D eigenvalue weighted by atomic mass is 16.3. The fraction of sp³-hybridized carbons (Fsp3) is 0.462. The number of rotatable bonds is 4. The highest BCUT2D eigenvalue weighted by Crippen LogP contribution is 2.30. The van der Waals surface area contributed by atoms with Gasteiger partial charge in [0.1, 0.15) is 5.76 Å². The molecular weight excluding hydrogens is 214 g/mol. The van der Waals surface area contributed by atoms with Crippen molar-refractivity contribution in [3.8, 4) is 11.1 Å². The summed E-state index contributed by atoms with van der Waals surface area (Å²) in [5, 5.41) is 4.57. The van der Waals surface area contributed by atoms with Gasteiger partial charge in [0.05, 0.1) is 18.5 Å². The molecule has 4 heteroatoms. The molecule has 0 atom stereocenters. The van der Waals surface area contributed by atoms with E-state index < -0.39 is 0 Å². The normalized spacial score (nSPS) is 11.1. The monoisotopic (exact) mass is 233 g/mol. The summed E-state index contributed by atoms with van der Waals surface area (Å²) < 4.78 is 7.44. The lowest BCUT2D eigenvalue weighted by Crippen LogP contribution is -2.01. The molecule has 2 aromatic rings. The Morgan fingerprint density at radius 2 is 2.18 bits per heavy atom. The molecule has 0 fully saturated rings. The van der Waals surface area contributed by atoms with Crippen molar-refractivity contribution in [1.82, 2.24) is 9.78 Å². The van der Waals surface area contributed by atoms with Crippen molar-refractivity contribution in [2.45, 2.75) is 40.3 Å². The summed E-state index contributed by atoms with van der Waals surface area (Å²) in [4.78, 5) is 0. The molecule has 0 radical (unpaired) electrons. The average molecular weight is 233 g/mol. The third-order valence-electron chi connectivity index (χ3n) is 3.02. The number of hydrogen-bond acceptors (Lipinski definition) is 3. The third kappa shape index (κ3) is 2.00. The van der Waals surface area contributed by atoms with Crippen molar-refractivity contribution in [3.63, 3.8) is 0 Å². The van der Waals surface area contributed by atoms with Gasteiger partial charge in [-0.05, 0) is 26.3 Å². The van der Waals surface area contributed by atoms with E-state index in [-0.39, 0.29) is 0 Å². The average Bonchev–Trinajstić information content (AvgIpc) is 2.85. The largest absolute Gasteiger partial charge is 0.467 e. The first-order chi connectivity index (χ1) is 8.19. The van der Waals surface area contributed by atoms with Crippen molar-refractivity contribution in [1.29, 1.82) is 0 Å². The molecule has 0 aliphatic heterocycles. The van der Waals surface area contributed by atoms with E-state index in [1.807, 2.05) is 13.0 Å². The van der Waals surface area contributed by atoms with E-state index >= 15 is 0 Å². The second-order valence-corrected chi connectivity index (χ2v) is 4.23. The summed E-state index contributed by atoms with van der Waals surface area (Å²) in [6, 6.07) is 1.97. The van der Waals surface area contributed by atoms with Gasteiger partial charge in [-0.15, -0.1) is 0 Å². The maximum atomic E-state index is 5.68. The van der Waals surface area contributed by atoms with Gasteiger partial charge in [0.2, 0.25) is 0 Å². The van der Waals surface area contributed by atoms with Crippen molar-refractivity contribution in [3.05, 3.63) is 29.5 Å². The van der Waals surface area contributed by atoms with E-state index in [1.54, 1.807) is 6.26 Å². The van der Waals surface area contributed by atoms with Crippen LogP contribution in [0.15, 0.2) is 16.7 Å². The molecule has 0 aromatic carbocycles. The number of nitrogens with two attached hydrogens (primary N) is 1. The van der Waals surface area contributed by atoms with Crippen molar-refractivity contribution >= 4 is 0 Å². The van der Waals surface area contributed by atoms with Gasteiger partial charge in [-0.2, -0.15) is 5.10 Å². The molecule has 0 bridgehead atoms. The maximum absolute atomic E-state index is 5.68. The highest BCUT2D eigenvalue weighted by Gasteiger charge is 2.17. The van der Waals surface area contributed by atoms with Crippen molar-refractivity contribution < 1.29 is 4.42 Å². The van der Waals surface area contributed by atoms with E-state index in [1.165, 1.54) is 5.69 Å². The molecule has 0 saturated heterocycles. The lowest BCUT2D eigenvalue weighted by molar-refractivity contribution is 0.513. The summed E-state index contributed by atoms with van der Waals surface area (Å²) in [5.41, 5.74) is 10.1. The molecular formula is C13H19N3O. The molecule has 2 N–H and O–H groups in total. The zero-order chi connectivity index (χ0) is 12.4. The second-order valence-electron chi connectivity index (χ2n) is 4.23. The van der Waals surface area contributed by atoms with E-state index in [0.717, 1.165) is 35.5 Å². The van der Waals surface area contributed by atoms with Crippen molar-refractivity contribution in [2.75, 3.05) is 0 Å². The van der Waals surface area contributed by atoms with Crippen LogP contribution < -0.4 is 5.73 Å². The third-order valence-corrected chi connectivity index (χ3v) is 3.02. The SMILES string of the molecule is CCCn1nc(C)c(-c2ccoc2CN)c1C. The molecule has 2 aromatic heterocycles. The summed E-state index contributed by atoms with van der Waals surface area (Å²) in [6.45, 7) is 7.64. The Morgan fingerprint density at radius 1 is 1.41 bits per heavy atom. The molecule has 17 heavy (non-hydrogen) atoms. The molecule has 4 nitrogen and oxygen atoms in total. The van der Waals surface area contributed by atoms with Crippen LogP contribution in [0.5, 0.6) is 0 Å². The molecule has 0 aliphatic carbocycles. The molecule has 92 valence electrons. The zero-order valence-electron chi connectivity index (χ0n) is 10.7. The van der Waals surface area contributed by atoms with Gasteiger partial charge < -0.3 is 10.2 Å². The minimum absolute atomic E-state index is 0.417. The van der Waals surface area contributed by atoms with E-state index in [9.17, 15) is 0 Å². The van der Waals surface area contributed by atoms with E-state index in [0.29, 0.717) is 6.54 Å². The predicted molar refractivity (Wildman–Crippen MR) is 67.6 cm³/mol. The van der Waals surface area contributed by atoms with Gasteiger partial charge in [-0.25, -0.2) is 0 Å². The Labute approximate surface area is 101 Å². The van der Waals surface area contributed by atoms with Gasteiger partial charge in [-0.3, -0.25) is 4.68 Å². The minimum Gasteiger partial charge on any atom is -0.467 e. The number of aryl methyl sites for hydroxylation is 2. The zero-order valence-corrected chi connectivity index (χ0v) is 10.7. The lowest BCUT2D eigenvalue weighted by Gasteiger charge is -2.03. The Bertz CT molecular complexity index is 511. The smallest absolute Gasteiger partial charge is 0.125 e.